The summed E-state index contributed by atoms with van der Waals surface area (Å²) in [5.74, 6) is 2.27. The summed E-state index contributed by atoms with van der Waals surface area (Å²) in [5.41, 5.74) is 1.44. The van der Waals surface area contributed by atoms with E-state index in [1.165, 1.54) is 4.52 Å². The summed E-state index contributed by atoms with van der Waals surface area (Å²) in [7, 11) is 0. The van der Waals surface area contributed by atoms with Crippen LogP contribution in [0.1, 0.15) is 46.8 Å². The summed E-state index contributed by atoms with van der Waals surface area (Å²) in [6.45, 7) is 2.09. The molecule has 4 aromatic rings. The van der Waals surface area contributed by atoms with Crippen molar-refractivity contribution < 1.29 is 14.1 Å². The van der Waals surface area contributed by atoms with Crippen LogP contribution in [0.4, 0.5) is 5.69 Å². The van der Waals surface area contributed by atoms with Gasteiger partial charge in [-0.15, -0.1) is 5.10 Å². The van der Waals surface area contributed by atoms with Crippen molar-refractivity contribution in [1.82, 2.24) is 29.7 Å². The molecule has 10 nitrogen and oxygen atoms in total. The standard InChI is InChI=1S/C19H17N7O3/c1-11-8-9-20-19-23-16(24-26(11)19)17(27)21-13-4-6-14(7-5-13)28-10-15-22-18(29-25-15)12-2-3-12/h4-9,12H,2-3,10H2,1H3,(H,21,27). The van der Waals surface area contributed by atoms with Gasteiger partial charge in [0.05, 0.1) is 0 Å². The lowest BCUT2D eigenvalue weighted by atomic mass is 10.3. The summed E-state index contributed by atoms with van der Waals surface area (Å²) in [4.78, 5) is 25.0. The highest BCUT2D eigenvalue weighted by Crippen LogP contribution is 2.38. The Morgan fingerprint density at radius 3 is 2.83 bits per heavy atom. The Morgan fingerprint density at radius 2 is 2.07 bits per heavy atom. The second-order valence-corrected chi connectivity index (χ2v) is 6.82. The van der Waals surface area contributed by atoms with Gasteiger partial charge >= 0.3 is 0 Å². The van der Waals surface area contributed by atoms with Crippen LogP contribution < -0.4 is 10.1 Å². The zero-order valence-corrected chi connectivity index (χ0v) is 15.6. The normalized spacial score (nSPS) is 13.6. The zero-order chi connectivity index (χ0) is 19.8. The lowest BCUT2D eigenvalue weighted by Gasteiger charge is -2.06. The molecule has 1 N–H and O–H groups in total. The van der Waals surface area contributed by atoms with Gasteiger partial charge in [0, 0.05) is 23.5 Å². The van der Waals surface area contributed by atoms with E-state index in [0.29, 0.717) is 34.8 Å². The summed E-state index contributed by atoms with van der Waals surface area (Å²) >= 11 is 0. The molecule has 1 fully saturated rings. The number of amides is 1. The van der Waals surface area contributed by atoms with Crippen molar-refractivity contribution in [3.63, 3.8) is 0 Å². The lowest BCUT2D eigenvalue weighted by Crippen LogP contribution is -2.14. The number of aryl methyl sites for hydroxylation is 1. The van der Waals surface area contributed by atoms with E-state index >= 15 is 0 Å². The van der Waals surface area contributed by atoms with E-state index in [2.05, 4.69) is 30.5 Å². The zero-order valence-electron chi connectivity index (χ0n) is 15.6. The monoisotopic (exact) mass is 391 g/mol. The van der Waals surface area contributed by atoms with Gasteiger partial charge in [-0.1, -0.05) is 5.16 Å². The highest BCUT2D eigenvalue weighted by Gasteiger charge is 2.29. The number of nitrogens with one attached hydrogen (secondary N) is 1. The molecular formula is C19H17N7O3. The highest BCUT2D eigenvalue weighted by molar-refractivity contribution is 6.01. The van der Waals surface area contributed by atoms with Crippen LogP contribution in [0.2, 0.25) is 0 Å². The van der Waals surface area contributed by atoms with E-state index < -0.39 is 5.91 Å². The number of aromatic nitrogens is 6. The second-order valence-electron chi connectivity index (χ2n) is 6.82. The molecule has 1 saturated carbocycles. The largest absolute Gasteiger partial charge is 0.485 e. The van der Waals surface area contributed by atoms with Gasteiger partial charge in [0.2, 0.25) is 17.5 Å². The molecule has 1 aliphatic carbocycles. The van der Waals surface area contributed by atoms with Gasteiger partial charge in [0.25, 0.3) is 11.7 Å². The molecule has 146 valence electrons. The highest BCUT2D eigenvalue weighted by atomic mass is 16.5. The molecule has 1 aromatic carbocycles. The van der Waals surface area contributed by atoms with E-state index in [1.807, 2.05) is 6.92 Å². The van der Waals surface area contributed by atoms with Crippen LogP contribution >= 0.6 is 0 Å². The molecule has 3 heterocycles. The van der Waals surface area contributed by atoms with E-state index in [4.69, 9.17) is 9.26 Å². The van der Waals surface area contributed by atoms with E-state index in [9.17, 15) is 4.79 Å². The van der Waals surface area contributed by atoms with Crippen LogP contribution in [0.5, 0.6) is 5.75 Å². The molecule has 1 amide bonds. The molecule has 0 saturated heterocycles. The SMILES string of the molecule is Cc1ccnc2nc(C(=O)Nc3ccc(OCc4noc(C5CC5)n4)cc3)nn12. The summed E-state index contributed by atoms with van der Waals surface area (Å²) in [6, 6.07) is 8.76. The molecular weight excluding hydrogens is 374 g/mol. The van der Waals surface area contributed by atoms with Crippen LogP contribution in [-0.2, 0) is 6.61 Å². The number of carbonyl (C=O) groups excluding carboxylic acids is 1. The Kier molecular flexibility index (Phi) is 4.15. The van der Waals surface area contributed by atoms with Crippen molar-refractivity contribution in [2.75, 3.05) is 5.32 Å². The first kappa shape index (κ1) is 17.3. The maximum absolute atomic E-state index is 12.4. The number of carbonyl (C=O) groups is 1. The molecule has 5 rings (SSSR count). The Morgan fingerprint density at radius 1 is 1.24 bits per heavy atom. The van der Waals surface area contributed by atoms with Gasteiger partial charge in [-0.05, 0) is 50.1 Å². The second kappa shape index (κ2) is 6.97. The molecule has 0 aliphatic heterocycles. The predicted molar refractivity (Wildman–Crippen MR) is 101 cm³/mol. The third kappa shape index (κ3) is 3.64. The number of rotatable bonds is 6. The molecule has 3 aromatic heterocycles. The molecule has 0 radical (unpaired) electrons. The Hall–Kier alpha value is -3.82. The minimum absolute atomic E-state index is 0.0516. The quantitative estimate of drug-likeness (QED) is 0.532. The average molecular weight is 391 g/mol. The summed E-state index contributed by atoms with van der Waals surface area (Å²) in [6.07, 6.45) is 3.84. The Balaban J connectivity index is 1.21. The Bertz CT molecular complexity index is 1180. The fourth-order valence-electron chi connectivity index (χ4n) is 2.79. The van der Waals surface area contributed by atoms with Crippen molar-refractivity contribution in [2.24, 2.45) is 0 Å². The van der Waals surface area contributed by atoms with E-state index in [0.717, 1.165) is 18.5 Å². The number of nitrogens with zero attached hydrogens (tertiary/aromatic N) is 6. The van der Waals surface area contributed by atoms with Gasteiger partial charge in [-0.3, -0.25) is 4.79 Å². The third-order valence-corrected chi connectivity index (χ3v) is 4.52. The maximum Gasteiger partial charge on any atom is 0.295 e. The van der Waals surface area contributed by atoms with Crippen LogP contribution in [-0.4, -0.2) is 35.6 Å². The van der Waals surface area contributed by atoms with Crippen molar-refractivity contribution in [2.45, 2.75) is 32.3 Å². The molecule has 0 atom stereocenters. The average Bonchev–Trinajstić information content (AvgIpc) is 3.29. The molecule has 29 heavy (non-hydrogen) atoms. The molecule has 0 bridgehead atoms. The Labute approximate surface area is 164 Å². The predicted octanol–water partition coefficient (Wildman–Crippen LogP) is 2.52. The number of ether oxygens (including phenoxy) is 1. The number of anilines is 1. The minimum Gasteiger partial charge on any atom is -0.485 e. The fraction of sp³-hybridized carbons (Fsp3) is 0.263. The van der Waals surface area contributed by atoms with Crippen LogP contribution in [0.3, 0.4) is 0 Å². The summed E-state index contributed by atoms with van der Waals surface area (Å²) in [5, 5.41) is 10.9. The van der Waals surface area contributed by atoms with Crippen molar-refractivity contribution >= 4 is 17.4 Å². The van der Waals surface area contributed by atoms with Gasteiger partial charge in [-0.2, -0.15) is 9.97 Å². The number of fused-ring (bicyclic) bond motifs is 1. The van der Waals surface area contributed by atoms with Crippen molar-refractivity contribution in [3.8, 4) is 5.75 Å². The van der Waals surface area contributed by atoms with Crippen LogP contribution in [0.25, 0.3) is 5.78 Å². The number of hydrogen-bond donors (Lipinski definition) is 1. The van der Waals surface area contributed by atoms with Crippen molar-refractivity contribution in [3.05, 3.63) is 59.8 Å². The van der Waals surface area contributed by atoms with Crippen molar-refractivity contribution in [1.29, 1.82) is 0 Å². The number of benzene rings is 1. The fourth-order valence-corrected chi connectivity index (χ4v) is 2.79. The molecule has 0 spiro atoms. The first-order chi connectivity index (χ1) is 14.2. The van der Waals surface area contributed by atoms with Gasteiger partial charge in [-0.25, -0.2) is 9.50 Å². The van der Waals surface area contributed by atoms with Gasteiger partial charge < -0.3 is 14.6 Å². The van der Waals surface area contributed by atoms with Gasteiger partial charge in [0.15, 0.2) is 6.61 Å². The number of hydrogen-bond acceptors (Lipinski definition) is 8. The first-order valence-corrected chi connectivity index (χ1v) is 9.21. The van der Waals surface area contributed by atoms with Crippen LogP contribution in [0.15, 0.2) is 41.1 Å². The molecule has 0 unspecified atom stereocenters. The van der Waals surface area contributed by atoms with Gasteiger partial charge in [0.1, 0.15) is 5.75 Å². The molecule has 10 heteroatoms. The maximum atomic E-state index is 12.4. The lowest BCUT2D eigenvalue weighted by molar-refractivity contribution is 0.101. The molecule has 1 aliphatic rings. The smallest absolute Gasteiger partial charge is 0.295 e. The third-order valence-electron chi connectivity index (χ3n) is 4.52. The summed E-state index contributed by atoms with van der Waals surface area (Å²) < 4.78 is 12.4. The first-order valence-electron chi connectivity index (χ1n) is 9.21. The van der Waals surface area contributed by atoms with Crippen LogP contribution in [0, 0.1) is 6.92 Å². The minimum atomic E-state index is -0.414. The van der Waals surface area contributed by atoms with E-state index in [1.54, 1.807) is 36.5 Å². The van der Waals surface area contributed by atoms with E-state index in [-0.39, 0.29) is 12.4 Å². The topological polar surface area (TPSA) is 120 Å².